The maximum Gasteiger partial charge on any atom is 0.231 e. The minimum atomic E-state index is 0.263. The third-order valence-corrected chi connectivity index (χ3v) is 2.96. The molecule has 0 saturated carbocycles. The van der Waals surface area contributed by atoms with Crippen LogP contribution in [0.5, 0.6) is 11.5 Å². The number of methoxy groups -OCH3 is 1. The second-order valence-electron chi connectivity index (χ2n) is 4.38. The fourth-order valence-electron chi connectivity index (χ4n) is 1.94. The summed E-state index contributed by atoms with van der Waals surface area (Å²) < 4.78 is 21.1. The van der Waals surface area contributed by atoms with Gasteiger partial charge in [-0.25, -0.2) is 4.98 Å². The number of aromatic nitrogens is 1. The van der Waals surface area contributed by atoms with E-state index in [2.05, 4.69) is 10.3 Å². The molecule has 0 bridgehead atoms. The number of benzene rings is 1. The van der Waals surface area contributed by atoms with Gasteiger partial charge in [-0.1, -0.05) is 0 Å². The number of fused-ring (bicyclic) bond motifs is 1. The normalized spacial score (nSPS) is 12.8. The number of hydrogen-bond acceptors (Lipinski definition) is 6. The van der Waals surface area contributed by atoms with Crippen LogP contribution in [0.15, 0.2) is 28.9 Å². The first-order valence-electron chi connectivity index (χ1n) is 6.41. The lowest BCUT2D eigenvalue weighted by Gasteiger charge is -2.00. The molecule has 6 nitrogen and oxygen atoms in total. The minimum absolute atomic E-state index is 0.263. The number of nitrogens with one attached hydrogen (secondary N) is 1. The molecule has 2 heterocycles. The maximum atomic E-state index is 5.49. The molecule has 1 aromatic heterocycles. The quantitative estimate of drug-likeness (QED) is 0.812. The molecule has 1 aromatic carbocycles. The van der Waals surface area contributed by atoms with E-state index in [1.165, 1.54) is 0 Å². The largest absolute Gasteiger partial charge is 0.454 e. The Morgan fingerprint density at radius 3 is 3.10 bits per heavy atom. The summed E-state index contributed by atoms with van der Waals surface area (Å²) in [6, 6.07) is 5.64. The maximum absolute atomic E-state index is 5.49. The highest BCUT2D eigenvalue weighted by Crippen LogP contribution is 2.35. The lowest BCUT2D eigenvalue weighted by atomic mass is 10.2. The molecule has 0 aliphatic carbocycles. The van der Waals surface area contributed by atoms with Crippen molar-refractivity contribution in [3.05, 3.63) is 30.2 Å². The van der Waals surface area contributed by atoms with Crippen LogP contribution in [0, 0.1) is 0 Å². The Morgan fingerprint density at radius 2 is 2.20 bits per heavy atom. The number of rotatable bonds is 6. The number of hydrogen-bond donors (Lipinski definition) is 1. The number of oxazole rings is 1. The second kappa shape index (κ2) is 5.94. The van der Waals surface area contributed by atoms with Crippen LogP contribution in [0.4, 0.5) is 0 Å². The van der Waals surface area contributed by atoms with E-state index >= 15 is 0 Å². The summed E-state index contributed by atoms with van der Waals surface area (Å²) >= 11 is 0. The van der Waals surface area contributed by atoms with Gasteiger partial charge in [0.15, 0.2) is 11.5 Å². The molecule has 0 atom stereocenters. The number of ether oxygens (including phenoxy) is 3. The van der Waals surface area contributed by atoms with Crippen molar-refractivity contribution in [1.29, 1.82) is 0 Å². The Hall–Kier alpha value is -2.05. The average molecular weight is 276 g/mol. The van der Waals surface area contributed by atoms with Gasteiger partial charge in [-0.2, -0.15) is 0 Å². The number of nitrogens with zero attached hydrogens (tertiary/aromatic N) is 1. The van der Waals surface area contributed by atoms with Crippen LogP contribution in [-0.4, -0.2) is 32.0 Å². The molecule has 0 saturated heterocycles. The zero-order chi connectivity index (χ0) is 13.8. The Bertz CT molecular complexity index is 582. The van der Waals surface area contributed by atoms with E-state index < -0.39 is 0 Å². The molecule has 0 radical (unpaired) electrons. The lowest BCUT2D eigenvalue weighted by Crippen LogP contribution is -2.18. The Balaban J connectivity index is 1.67. The topological polar surface area (TPSA) is 65.8 Å². The van der Waals surface area contributed by atoms with Crippen LogP contribution >= 0.6 is 0 Å². The summed E-state index contributed by atoms with van der Waals surface area (Å²) in [5.74, 6) is 2.05. The summed E-state index contributed by atoms with van der Waals surface area (Å²) in [7, 11) is 1.68. The third-order valence-electron chi connectivity index (χ3n) is 2.96. The molecule has 106 valence electrons. The highest BCUT2D eigenvalue weighted by molar-refractivity contribution is 5.60. The monoisotopic (exact) mass is 276 g/mol. The van der Waals surface area contributed by atoms with Crippen molar-refractivity contribution >= 4 is 0 Å². The fourth-order valence-corrected chi connectivity index (χ4v) is 1.94. The molecule has 0 fully saturated rings. The van der Waals surface area contributed by atoms with Crippen molar-refractivity contribution in [2.45, 2.75) is 6.54 Å². The van der Waals surface area contributed by atoms with E-state index in [1.54, 1.807) is 13.4 Å². The van der Waals surface area contributed by atoms with Crippen molar-refractivity contribution in [2.75, 3.05) is 27.1 Å². The van der Waals surface area contributed by atoms with Crippen molar-refractivity contribution in [2.24, 2.45) is 0 Å². The molecular weight excluding hydrogens is 260 g/mol. The molecule has 3 rings (SSSR count). The van der Waals surface area contributed by atoms with Crippen molar-refractivity contribution in [3.63, 3.8) is 0 Å². The van der Waals surface area contributed by atoms with Crippen LogP contribution < -0.4 is 14.8 Å². The summed E-state index contributed by atoms with van der Waals surface area (Å²) in [5, 5.41) is 3.22. The smallest absolute Gasteiger partial charge is 0.231 e. The summed E-state index contributed by atoms with van der Waals surface area (Å²) in [4.78, 5) is 4.44. The van der Waals surface area contributed by atoms with E-state index in [-0.39, 0.29) is 6.79 Å². The molecule has 20 heavy (non-hydrogen) atoms. The molecule has 1 N–H and O–H groups in total. The molecular formula is C14H16N2O4. The first kappa shape index (κ1) is 13.0. The summed E-state index contributed by atoms with van der Waals surface area (Å²) in [5.41, 5.74) is 1.73. The molecule has 0 amide bonds. The molecule has 2 aromatic rings. The minimum Gasteiger partial charge on any atom is -0.454 e. The van der Waals surface area contributed by atoms with Crippen LogP contribution in [0.1, 0.15) is 5.69 Å². The predicted molar refractivity (Wildman–Crippen MR) is 71.6 cm³/mol. The van der Waals surface area contributed by atoms with Crippen molar-refractivity contribution in [1.82, 2.24) is 10.3 Å². The zero-order valence-corrected chi connectivity index (χ0v) is 11.2. The van der Waals surface area contributed by atoms with Crippen LogP contribution in [0.25, 0.3) is 11.5 Å². The van der Waals surface area contributed by atoms with Crippen LogP contribution in [0.3, 0.4) is 0 Å². The highest BCUT2D eigenvalue weighted by atomic mass is 16.7. The molecule has 1 aliphatic heterocycles. The Labute approximate surface area is 116 Å². The molecule has 6 heteroatoms. The third kappa shape index (κ3) is 2.76. The first-order valence-corrected chi connectivity index (χ1v) is 6.41. The van der Waals surface area contributed by atoms with E-state index in [4.69, 9.17) is 18.6 Å². The van der Waals surface area contributed by atoms with Gasteiger partial charge in [-0.05, 0) is 18.2 Å². The van der Waals surface area contributed by atoms with Crippen LogP contribution in [-0.2, 0) is 11.3 Å². The van der Waals surface area contributed by atoms with Gasteiger partial charge in [-0.15, -0.1) is 0 Å². The SMILES string of the molecule is COCCNCc1coc(-c2ccc3c(c2)OCO3)n1. The van der Waals surface area contributed by atoms with Crippen molar-refractivity contribution in [3.8, 4) is 23.0 Å². The second-order valence-corrected chi connectivity index (χ2v) is 4.38. The van der Waals surface area contributed by atoms with E-state index in [9.17, 15) is 0 Å². The van der Waals surface area contributed by atoms with Crippen LogP contribution in [0.2, 0.25) is 0 Å². The van der Waals surface area contributed by atoms with Gasteiger partial charge >= 0.3 is 0 Å². The predicted octanol–water partition coefficient (Wildman–Crippen LogP) is 1.81. The van der Waals surface area contributed by atoms with E-state index in [1.807, 2.05) is 18.2 Å². The van der Waals surface area contributed by atoms with Gasteiger partial charge in [0.2, 0.25) is 12.7 Å². The van der Waals surface area contributed by atoms with E-state index in [0.717, 1.165) is 29.3 Å². The highest BCUT2D eigenvalue weighted by Gasteiger charge is 2.15. The van der Waals surface area contributed by atoms with Gasteiger partial charge < -0.3 is 23.9 Å². The standard InChI is InChI=1S/C14H16N2O4/c1-17-5-4-15-7-11-8-18-14(16-11)10-2-3-12-13(6-10)20-9-19-12/h2-3,6,8,15H,4-5,7,9H2,1H3. The van der Waals surface area contributed by atoms with Crippen molar-refractivity contribution < 1.29 is 18.6 Å². The van der Waals surface area contributed by atoms with Gasteiger partial charge in [-0.3, -0.25) is 0 Å². The summed E-state index contributed by atoms with van der Waals surface area (Å²) in [6.45, 7) is 2.37. The zero-order valence-electron chi connectivity index (χ0n) is 11.2. The summed E-state index contributed by atoms with van der Waals surface area (Å²) in [6.07, 6.45) is 1.65. The van der Waals surface area contributed by atoms with Gasteiger partial charge in [0, 0.05) is 25.8 Å². The molecule has 0 spiro atoms. The first-order chi connectivity index (χ1) is 9.86. The lowest BCUT2D eigenvalue weighted by molar-refractivity contribution is 0.174. The Kier molecular flexibility index (Phi) is 3.85. The molecule has 0 unspecified atom stereocenters. The van der Waals surface area contributed by atoms with E-state index in [0.29, 0.717) is 19.0 Å². The fraction of sp³-hybridized carbons (Fsp3) is 0.357. The average Bonchev–Trinajstić information content (AvgIpc) is 3.11. The van der Waals surface area contributed by atoms with Gasteiger partial charge in [0.25, 0.3) is 0 Å². The Morgan fingerprint density at radius 1 is 1.30 bits per heavy atom. The van der Waals surface area contributed by atoms with Gasteiger partial charge in [0.1, 0.15) is 6.26 Å². The van der Waals surface area contributed by atoms with Gasteiger partial charge in [0.05, 0.1) is 12.3 Å². The molecule has 1 aliphatic rings.